The number of hydrogen-bond donors (Lipinski definition) is 0. The SMILES string of the molecule is c1ccc(-c2ccc(-c3cccc(N(c4ccc(-c5cccc6ccccc56)cc4)c4ccc(-c5ccc6ccccc6c5)c5oc6ccccc6c45)c3)cc2)cc1. The Bertz CT molecular complexity index is 3260. The molecule has 0 saturated heterocycles. The van der Waals surface area contributed by atoms with E-state index >= 15 is 0 Å². The summed E-state index contributed by atoms with van der Waals surface area (Å²) in [6.45, 7) is 0. The van der Waals surface area contributed by atoms with E-state index < -0.39 is 0 Å². The van der Waals surface area contributed by atoms with Crippen LogP contribution in [0.2, 0.25) is 0 Å². The van der Waals surface area contributed by atoms with E-state index in [0.717, 1.165) is 55.7 Å². The summed E-state index contributed by atoms with van der Waals surface area (Å²) in [6.07, 6.45) is 0. The van der Waals surface area contributed by atoms with Gasteiger partial charge in [0.25, 0.3) is 0 Å². The average molecular weight is 740 g/mol. The van der Waals surface area contributed by atoms with Crippen LogP contribution in [-0.4, -0.2) is 0 Å². The molecule has 11 rings (SSSR count). The molecule has 0 fully saturated rings. The van der Waals surface area contributed by atoms with Crippen molar-refractivity contribution < 1.29 is 4.42 Å². The van der Waals surface area contributed by atoms with E-state index in [4.69, 9.17) is 4.42 Å². The van der Waals surface area contributed by atoms with E-state index in [9.17, 15) is 0 Å². The molecule has 0 unspecified atom stereocenters. The summed E-state index contributed by atoms with van der Waals surface area (Å²) in [5.74, 6) is 0. The minimum atomic E-state index is 0.866. The molecule has 58 heavy (non-hydrogen) atoms. The predicted octanol–water partition coefficient (Wildman–Crippen LogP) is 16.0. The summed E-state index contributed by atoms with van der Waals surface area (Å²) in [6, 6.07) is 80.6. The first-order valence-corrected chi connectivity index (χ1v) is 19.8. The van der Waals surface area contributed by atoms with Gasteiger partial charge in [-0.2, -0.15) is 0 Å². The molecule has 2 nitrogen and oxygen atoms in total. The Morgan fingerprint density at radius 1 is 0.310 bits per heavy atom. The third-order valence-corrected chi connectivity index (χ3v) is 11.5. The van der Waals surface area contributed by atoms with Crippen molar-refractivity contribution >= 4 is 60.5 Å². The van der Waals surface area contributed by atoms with Crippen molar-refractivity contribution in [2.45, 2.75) is 0 Å². The Kier molecular flexibility index (Phi) is 8.19. The van der Waals surface area contributed by atoms with Gasteiger partial charge < -0.3 is 9.32 Å². The van der Waals surface area contributed by atoms with Crippen molar-refractivity contribution in [2.24, 2.45) is 0 Å². The normalized spacial score (nSPS) is 11.4. The molecule has 10 aromatic carbocycles. The van der Waals surface area contributed by atoms with Gasteiger partial charge in [0.1, 0.15) is 11.2 Å². The second-order valence-corrected chi connectivity index (χ2v) is 14.9. The van der Waals surface area contributed by atoms with Gasteiger partial charge in [-0.1, -0.05) is 176 Å². The van der Waals surface area contributed by atoms with Gasteiger partial charge in [-0.25, -0.2) is 0 Å². The smallest absolute Gasteiger partial charge is 0.145 e. The highest BCUT2D eigenvalue weighted by atomic mass is 16.3. The van der Waals surface area contributed by atoms with E-state index in [1.165, 1.54) is 49.4 Å². The van der Waals surface area contributed by atoms with Crippen molar-refractivity contribution in [3.8, 4) is 44.5 Å². The molecule has 0 N–H and O–H groups in total. The van der Waals surface area contributed by atoms with E-state index in [-0.39, 0.29) is 0 Å². The molecule has 0 aliphatic heterocycles. The van der Waals surface area contributed by atoms with Crippen LogP contribution in [0.3, 0.4) is 0 Å². The van der Waals surface area contributed by atoms with Crippen LogP contribution < -0.4 is 4.90 Å². The fourth-order valence-corrected chi connectivity index (χ4v) is 8.59. The Balaban J connectivity index is 1.10. The first-order valence-electron chi connectivity index (χ1n) is 19.8. The van der Waals surface area contributed by atoms with Crippen LogP contribution in [0.25, 0.3) is 88.0 Å². The van der Waals surface area contributed by atoms with Gasteiger partial charge >= 0.3 is 0 Å². The third-order valence-electron chi connectivity index (χ3n) is 11.5. The summed E-state index contributed by atoms with van der Waals surface area (Å²) in [5.41, 5.74) is 14.2. The van der Waals surface area contributed by atoms with Crippen LogP contribution in [0.5, 0.6) is 0 Å². The molecule has 1 aromatic heterocycles. The minimum absolute atomic E-state index is 0.866. The Morgan fingerprint density at radius 3 is 1.74 bits per heavy atom. The maximum absolute atomic E-state index is 6.84. The van der Waals surface area contributed by atoms with Crippen molar-refractivity contribution in [3.05, 3.63) is 224 Å². The topological polar surface area (TPSA) is 16.4 Å². The second-order valence-electron chi connectivity index (χ2n) is 14.9. The van der Waals surface area contributed by atoms with Crippen LogP contribution in [-0.2, 0) is 0 Å². The van der Waals surface area contributed by atoms with Gasteiger partial charge in [-0.05, 0) is 109 Å². The molecule has 0 atom stereocenters. The monoisotopic (exact) mass is 739 g/mol. The van der Waals surface area contributed by atoms with Crippen molar-refractivity contribution in [1.29, 1.82) is 0 Å². The number of para-hydroxylation sites is 1. The molecular formula is C56H37NO. The van der Waals surface area contributed by atoms with Gasteiger partial charge in [0, 0.05) is 22.3 Å². The largest absolute Gasteiger partial charge is 0.455 e. The quantitative estimate of drug-likeness (QED) is 0.162. The molecule has 2 heteroatoms. The molecule has 0 bridgehead atoms. The molecule has 0 saturated carbocycles. The predicted molar refractivity (Wildman–Crippen MR) is 245 cm³/mol. The number of furan rings is 1. The fourth-order valence-electron chi connectivity index (χ4n) is 8.59. The number of anilines is 3. The Morgan fingerprint density at radius 2 is 0.914 bits per heavy atom. The van der Waals surface area contributed by atoms with Gasteiger partial charge in [0.2, 0.25) is 0 Å². The van der Waals surface area contributed by atoms with Gasteiger partial charge in [-0.3, -0.25) is 0 Å². The molecule has 0 aliphatic rings. The molecule has 0 radical (unpaired) electrons. The third kappa shape index (κ3) is 5.91. The molecular weight excluding hydrogens is 703 g/mol. The van der Waals surface area contributed by atoms with Gasteiger partial charge in [-0.15, -0.1) is 0 Å². The number of hydrogen-bond acceptors (Lipinski definition) is 2. The molecule has 0 spiro atoms. The first kappa shape index (κ1) is 33.6. The zero-order valence-electron chi connectivity index (χ0n) is 31.7. The van der Waals surface area contributed by atoms with Crippen LogP contribution in [0, 0.1) is 0 Å². The fraction of sp³-hybridized carbons (Fsp3) is 0. The maximum Gasteiger partial charge on any atom is 0.145 e. The van der Waals surface area contributed by atoms with E-state index in [1.807, 2.05) is 0 Å². The summed E-state index contributed by atoms with van der Waals surface area (Å²) in [4.78, 5) is 2.39. The summed E-state index contributed by atoms with van der Waals surface area (Å²) < 4.78 is 6.84. The number of fused-ring (bicyclic) bond motifs is 5. The molecule has 1 heterocycles. The highest BCUT2D eigenvalue weighted by Gasteiger charge is 2.23. The molecule has 0 amide bonds. The van der Waals surface area contributed by atoms with Crippen LogP contribution in [0.1, 0.15) is 0 Å². The van der Waals surface area contributed by atoms with E-state index in [1.54, 1.807) is 0 Å². The lowest BCUT2D eigenvalue weighted by molar-refractivity contribution is 0.670. The standard InChI is InChI=1S/C56H37NO/c1-2-12-38(13-3-1)40-24-26-41(27-25-40)45-18-10-19-48(37-45)57(47-32-30-43(31-33-47)50-22-11-17-42-15-6-7-20-49(42)50)53-35-34-51(46-29-28-39-14-4-5-16-44(39)36-46)56-55(53)52-21-8-9-23-54(52)58-56/h1-37H. The number of rotatable bonds is 7. The van der Waals surface area contributed by atoms with Crippen LogP contribution in [0.15, 0.2) is 229 Å². The molecule has 272 valence electrons. The zero-order valence-corrected chi connectivity index (χ0v) is 31.7. The number of nitrogens with zero attached hydrogens (tertiary/aromatic N) is 1. The van der Waals surface area contributed by atoms with E-state index in [2.05, 4.69) is 229 Å². The lowest BCUT2D eigenvalue weighted by atomic mass is 9.96. The van der Waals surface area contributed by atoms with Crippen molar-refractivity contribution in [3.63, 3.8) is 0 Å². The zero-order chi connectivity index (χ0) is 38.4. The second kappa shape index (κ2) is 14.1. The highest BCUT2D eigenvalue weighted by molar-refractivity contribution is 6.17. The highest BCUT2D eigenvalue weighted by Crippen LogP contribution is 2.47. The van der Waals surface area contributed by atoms with Crippen LogP contribution in [0.4, 0.5) is 17.1 Å². The summed E-state index contributed by atoms with van der Waals surface area (Å²) in [5, 5.41) is 7.07. The number of benzene rings is 10. The summed E-state index contributed by atoms with van der Waals surface area (Å²) >= 11 is 0. The average Bonchev–Trinajstić information content (AvgIpc) is 3.70. The van der Waals surface area contributed by atoms with E-state index in [0.29, 0.717) is 0 Å². The van der Waals surface area contributed by atoms with Gasteiger partial charge in [0.15, 0.2) is 0 Å². The minimum Gasteiger partial charge on any atom is -0.455 e. The van der Waals surface area contributed by atoms with Crippen LogP contribution >= 0.6 is 0 Å². The Hall–Kier alpha value is -7.68. The summed E-state index contributed by atoms with van der Waals surface area (Å²) in [7, 11) is 0. The molecule has 11 aromatic rings. The van der Waals surface area contributed by atoms with Crippen molar-refractivity contribution in [1.82, 2.24) is 0 Å². The van der Waals surface area contributed by atoms with Gasteiger partial charge in [0.05, 0.1) is 11.1 Å². The maximum atomic E-state index is 6.84. The Labute approximate surface area is 337 Å². The van der Waals surface area contributed by atoms with Crippen molar-refractivity contribution in [2.75, 3.05) is 4.90 Å². The first-order chi connectivity index (χ1) is 28.7. The lowest BCUT2D eigenvalue weighted by Gasteiger charge is -2.27. The lowest BCUT2D eigenvalue weighted by Crippen LogP contribution is -2.10. The molecule has 0 aliphatic carbocycles.